The summed E-state index contributed by atoms with van der Waals surface area (Å²) in [7, 11) is 0. The number of rotatable bonds is 7. The first-order valence-corrected chi connectivity index (χ1v) is 9.43. The first-order chi connectivity index (χ1) is 13.1. The monoisotopic (exact) mass is 397 g/mol. The smallest absolute Gasteiger partial charge is 0.391 e. The number of aromatic nitrogens is 3. The fourth-order valence-corrected chi connectivity index (χ4v) is 3.11. The van der Waals surface area contributed by atoms with Crippen LogP contribution >= 0.6 is 0 Å². The number of carbonyl (C=O) groups is 1. The number of aryl methyl sites for hydroxylation is 2. The van der Waals surface area contributed by atoms with Crippen LogP contribution in [0.2, 0.25) is 0 Å². The van der Waals surface area contributed by atoms with Gasteiger partial charge in [-0.05, 0) is 38.8 Å². The molecule has 0 aliphatic heterocycles. The molecule has 0 aromatic carbocycles. The molecule has 2 heterocycles. The molecule has 154 valence electrons. The minimum absolute atomic E-state index is 0.170. The molecule has 0 spiro atoms. The summed E-state index contributed by atoms with van der Waals surface area (Å²) in [5.41, 5.74) is 3.70. The molecule has 0 aliphatic rings. The topological polar surface area (TPSA) is 57.0 Å². The van der Waals surface area contributed by atoms with Crippen molar-refractivity contribution >= 4 is 5.97 Å². The molecule has 5 nitrogen and oxygen atoms in total. The highest BCUT2D eigenvalue weighted by atomic mass is 19.4. The molecule has 2 aromatic rings. The second kappa shape index (κ2) is 8.75. The molecule has 1 unspecified atom stereocenters. The molecule has 2 rings (SSSR count). The van der Waals surface area contributed by atoms with Crippen molar-refractivity contribution in [3.63, 3.8) is 0 Å². The van der Waals surface area contributed by atoms with Gasteiger partial charge in [0, 0.05) is 36.0 Å². The molecule has 0 aliphatic carbocycles. The Labute approximate surface area is 162 Å². The van der Waals surface area contributed by atoms with Crippen molar-refractivity contribution in [2.75, 3.05) is 6.61 Å². The maximum Gasteiger partial charge on any atom is 0.391 e. The summed E-state index contributed by atoms with van der Waals surface area (Å²) in [5, 5.41) is 4.37. The lowest BCUT2D eigenvalue weighted by Gasteiger charge is -2.17. The third-order valence-corrected chi connectivity index (χ3v) is 4.71. The molecule has 1 atom stereocenters. The molecular weight excluding hydrogens is 371 g/mol. The second-order valence-corrected chi connectivity index (χ2v) is 6.69. The van der Waals surface area contributed by atoms with E-state index < -0.39 is 18.1 Å². The minimum Gasteiger partial charge on any atom is -0.461 e. The van der Waals surface area contributed by atoms with Crippen LogP contribution in [0.4, 0.5) is 13.2 Å². The summed E-state index contributed by atoms with van der Waals surface area (Å²) in [6.07, 6.45) is -2.22. The van der Waals surface area contributed by atoms with Gasteiger partial charge in [0.25, 0.3) is 0 Å². The Hall–Kier alpha value is -2.38. The van der Waals surface area contributed by atoms with Gasteiger partial charge in [0.15, 0.2) is 5.69 Å². The van der Waals surface area contributed by atoms with Gasteiger partial charge in [-0.2, -0.15) is 18.3 Å². The van der Waals surface area contributed by atoms with Crippen molar-refractivity contribution in [2.24, 2.45) is 5.92 Å². The zero-order chi connectivity index (χ0) is 21.1. The lowest BCUT2D eigenvalue weighted by atomic mass is 9.97. The van der Waals surface area contributed by atoms with Gasteiger partial charge in [-0.15, -0.1) is 0 Å². The van der Waals surface area contributed by atoms with Gasteiger partial charge in [-0.1, -0.05) is 13.8 Å². The molecule has 0 fully saturated rings. The Balaban J connectivity index is 2.49. The normalized spacial score (nSPS) is 12.9. The molecule has 0 saturated heterocycles. The number of ether oxygens (including phenoxy) is 1. The van der Waals surface area contributed by atoms with E-state index >= 15 is 0 Å². The molecular formula is C20H26F3N3O2. The van der Waals surface area contributed by atoms with E-state index in [-0.39, 0.29) is 18.7 Å². The largest absolute Gasteiger partial charge is 0.461 e. The molecule has 0 amide bonds. The highest BCUT2D eigenvalue weighted by Gasteiger charge is 2.36. The van der Waals surface area contributed by atoms with Crippen molar-refractivity contribution in [1.29, 1.82) is 0 Å². The van der Waals surface area contributed by atoms with E-state index in [9.17, 15) is 18.0 Å². The fourth-order valence-electron chi connectivity index (χ4n) is 3.11. The maximum absolute atomic E-state index is 12.9. The van der Waals surface area contributed by atoms with Crippen LogP contribution in [-0.4, -0.2) is 33.5 Å². The van der Waals surface area contributed by atoms with Crippen molar-refractivity contribution in [2.45, 2.75) is 60.2 Å². The summed E-state index contributed by atoms with van der Waals surface area (Å²) < 4.78 is 45.4. The number of hydrogen-bond donors (Lipinski definition) is 0. The van der Waals surface area contributed by atoms with Crippen LogP contribution in [0.25, 0.3) is 11.3 Å². The van der Waals surface area contributed by atoms with Crippen molar-refractivity contribution in [3.8, 4) is 11.3 Å². The summed E-state index contributed by atoms with van der Waals surface area (Å²) in [6.45, 7) is 9.30. The maximum atomic E-state index is 12.9. The molecule has 8 heteroatoms. The highest BCUT2D eigenvalue weighted by molar-refractivity contribution is 5.91. The minimum atomic E-state index is -4.25. The van der Waals surface area contributed by atoms with Gasteiger partial charge in [0.05, 0.1) is 18.2 Å². The van der Waals surface area contributed by atoms with Crippen LogP contribution in [0.15, 0.2) is 12.3 Å². The Bertz CT molecular complexity index is 844. The van der Waals surface area contributed by atoms with Crippen LogP contribution in [-0.2, 0) is 24.1 Å². The van der Waals surface area contributed by atoms with E-state index in [0.29, 0.717) is 24.2 Å². The Morgan fingerprint density at radius 1 is 1.29 bits per heavy atom. The highest BCUT2D eigenvalue weighted by Crippen LogP contribution is 2.32. The SMILES string of the molecule is CCOC(=O)c1nn(CC)c(-c2cnc(CC(C)C(F)(F)F)cc2CC)c1C. The molecule has 28 heavy (non-hydrogen) atoms. The summed E-state index contributed by atoms with van der Waals surface area (Å²) in [6, 6.07) is 1.72. The predicted molar refractivity (Wildman–Crippen MR) is 100 cm³/mol. The van der Waals surface area contributed by atoms with E-state index in [1.54, 1.807) is 30.8 Å². The summed E-state index contributed by atoms with van der Waals surface area (Å²) >= 11 is 0. The Kier molecular flexibility index (Phi) is 6.85. The number of alkyl halides is 3. The van der Waals surface area contributed by atoms with Crippen molar-refractivity contribution in [3.05, 3.63) is 34.8 Å². The van der Waals surface area contributed by atoms with Crippen LogP contribution in [0.5, 0.6) is 0 Å². The van der Waals surface area contributed by atoms with E-state index in [2.05, 4.69) is 10.1 Å². The first kappa shape index (κ1) is 21.9. The number of nitrogens with zero attached hydrogens (tertiary/aromatic N) is 3. The van der Waals surface area contributed by atoms with E-state index in [1.807, 2.05) is 13.8 Å². The van der Waals surface area contributed by atoms with E-state index in [1.165, 1.54) is 0 Å². The van der Waals surface area contributed by atoms with Gasteiger partial charge < -0.3 is 4.74 Å². The lowest BCUT2D eigenvalue weighted by Crippen LogP contribution is -2.22. The zero-order valence-electron chi connectivity index (χ0n) is 16.9. The quantitative estimate of drug-likeness (QED) is 0.633. The summed E-state index contributed by atoms with van der Waals surface area (Å²) in [4.78, 5) is 16.4. The standard InChI is InChI=1S/C20H26F3N3O2/c1-6-14-10-15(9-12(4)20(21,22)23)24-11-16(14)18-13(5)17(19(27)28-8-3)25-26(18)7-2/h10-12H,6-9H2,1-5H3. The average Bonchev–Trinajstić information content (AvgIpc) is 2.97. The molecule has 0 radical (unpaired) electrons. The van der Waals surface area contributed by atoms with Crippen LogP contribution < -0.4 is 0 Å². The van der Waals surface area contributed by atoms with Crippen molar-refractivity contribution in [1.82, 2.24) is 14.8 Å². The first-order valence-electron chi connectivity index (χ1n) is 9.43. The predicted octanol–water partition coefficient (Wildman–Crippen LogP) is 4.75. The number of hydrogen-bond acceptors (Lipinski definition) is 4. The molecule has 2 aromatic heterocycles. The van der Waals surface area contributed by atoms with E-state index in [4.69, 9.17) is 4.74 Å². The van der Waals surface area contributed by atoms with Gasteiger partial charge in [0.2, 0.25) is 0 Å². The van der Waals surface area contributed by atoms with Gasteiger partial charge in [-0.25, -0.2) is 4.79 Å². The van der Waals surface area contributed by atoms with Crippen LogP contribution in [0.1, 0.15) is 55.0 Å². The molecule has 0 N–H and O–H groups in total. The number of esters is 1. The van der Waals surface area contributed by atoms with Crippen LogP contribution in [0, 0.1) is 12.8 Å². The Morgan fingerprint density at radius 3 is 2.50 bits per heavy atom. The number of halogens is 3. The van der Waals surface area contributed by atoms with Crippen LogP contribution in [0.3, 0.4) is 0 Å². The van der Waals surface area contributed by atoms with Gasteiger partial charge in [-0.3, -0.25) is 9.67 Å². The fraction of sp³-hybridized carbons (Fsp3) is 0.550. The third-order valence-electron chi connectivity index (χ3n) is 4.71. The average molecular weight is 397 g/mol. The summed E-state index contributed by atoms with van der Waals surface area (Å²) in [5.74, 6) is -1.95. The number of pyridine rings is 1. The second-order valence-electron chi connectivity index (χ2n) is 6.69. The van der Waals surface area contributed by atoms with Gasteiger partial charge in [0.1, 0.15) is 0 Å². The zero-order valence-corrected chi connectivity index (χ0v) is 16.9. The van der Waals surface area contributed by atoms with E-state index in [0.717, 1.165) is 23.7 Å². The van der Waals surface area contributed by atoms with Crippen molar-refractivity contribution < 1.29 is 22.7 Å². The molecule has 0 bridgehead atoms. The third kappa shape index (κ3) is 4.54. The van der Waals surface area contributed by atoms with Gasteiger partial charge >= 0.3 is 12.1 Å². The number of carbonyl (C=O) groups excluding carboxylic acids is 1. The molecule has 0 saturated carbocycles. The Morgan fingerprint density at radius 2 is 1.96 bits per heavy atom. The lowest BCUT2D eigenvalue weighted by molar-refractivity contribution is -0.169.